The zero-order valence-electron chi connectivity index (χ0n) is 13.7. The highest BCUT2D eigenvalue weighted by atomic mass is 35.5. The second kappa shape index (κ2) is 5.60. The second-order valence-electron chi connectivity index (χ2n) is 6.53. The zero-order chi connectivity index (χ0) is 17.0. The first-order valence-electron chi connectivity index (χ1n) is 8.15. The minimum atomic E-state index is -0.487. The molecule has 1 saturated carbocycles. The molecule has 24 heavy (non-hydrogen) atoms. The lowest BCUT2D eigenvalue weighted by Gasteiger charge is -2.21. The number of nitrogens with zero attached hydrogens (tertiary/aromatic N) is 2. The van der Waals surface area contributed by atoms with Crippen LogP contribution in [0.2, 0.25) is 5.02 Å². The topological polar surface area (TPSA) is 62.7 Å². The van der Waals surface area contributed by atoms with E-state index in [1.165, 1.54) is 0 Å². The number of methoxy groups -OCH3 is 1. The van der Waals surface area contributed by atoms with Crippen molar-refractivity contribution >= 4 is 28.4 Å². The van der Waals surface area contributed by atoms with Gasteiger partial charge in [-0.15, -0.1) is 0 Å². The Hall–Kier alpha value is -1.85. The van der Waals surface area contributed by atoms with Gasteiger partial charge in [-0.25, -0.2) is 0 Å². The predicted octanol–water partition coefficient (Wildman–Crippen LogP) is 3.17. The lowest BCUT2D eigenvalue weighted by atomic mass is 9.98. The summed E-state index contributed by atoms with van der Waals surface area (Å²) in [5, 5.41) is 10.8. The molecule has 0 spiro atoms. The number of benzene rings is 1. The van der Waals surface area contributed by atoms with Gasteiger partial charge in [0.1, 0.15) is 12.4 Å². The third kappa shape index (κ3) is 2.19. The summed E-state index contributed by atoms with van der Waals surface area (Å²) in [6, 6.07) is 1.88. The highest BCUT2D eigenvalue weighted by Gasteiger charge is 2.35. The normalized spacial score (nSPS) is 19.7. The number of ether oxygens (including phenoxy) is 1. The van der Waals surface area contributed by atoms with Crippen LogP contribution in [0.15, 0.2) is 12.3 Å². The molecule has 5 nitrogen and oxygen atoms in total. The van der Waals surface area contributed by atoms with E-state index in [0.29, 0.717) is 17.5 Å². The number of hydrogen-bond acceptors (Lipinski definition) is 4. The van der Waals surface area contributed by atoms with Crippen molar-refractivity contribution in [3.63, 3.8) is 0 Å². The van der Waals surface area contributed by atoms with Crippen LogP contribution < -0.4 is 4.74 Å². The quantitative estimate of drug-likeness (QED) is 0.927. The Bertz CT molecular complexity index is 848. The molecule has 1 N–H and O–H groups in total. The molecule has 1 fully saturated rings. The van der Waals surface area contributed by atoms with Crippen LogP contribution in [0.4, 0.5) is 0 Å². The summed E-state index contributed by atoms with van der Waals surface area (Å²) in [5.74, 6) is 0.973. The minimum absolute atomic E-state index is 0.127. The standard InChI is InChI=1S/C18H19ClN2O3/c1-9-15-11(7-21(9)14(23)8-22)6-20-18-12(15)5-13(24-2)16(17(18)19)10-3-4-10/h5-6,9-10,22H,3-4,7-8H2,1-2H3/t9-/m0/s1. The fraction of sp³-hybridized carbons (Fsp3) is 0.444. The summed E-state index contributed by atoms with van der Waals surface area (Å²) in [4.78, 5) is 18.2. The van der Waals surface area contributed by atoms with E-state index in [1.54, 1.807) is 18.2 Å². The smallest absolute Gasteiger partial charge is 0.249 e. The fourth-order valence-electron chi connectivity index (χ4n) is 3.76. The van der Waals surface area contributed by atoms with Gasteiger partial charge in [-0.05, 0) is 42.9 Å². The maximum atomic E-state index is 12.0. The molecule has 6 heteroatoms. The first-order valence-corrected chi connectivity index (χ1v) is 8.52. The number of halogens is 1. The van der Waals surface area contributed by atoms with Gasteiger partial charge in [0.2, 0.25) is 5.91 Å². The van der Waals surface area contributed by atoms with Crippen LogP contribution in [0.25, 0.3) is 10.9 Å². The third-order valence-corrected chi connectivity index (χ3v) is 5.50. The largest absolute Gasteiger partial charge is 0.496 e. The maximum Gasteiger partial charge on any atom is 0.249 e. The molecule has 2 heterocycles. The number of carbonyl (C=O) groups is 1. The number of aliphatic hydroxyl groups is 1. The molecule has 1 aliphatic heterocycles. The lowest BCUT2D eigenvalue weighted by Crippen LogP contribution is -2.30. The number of hydrogen-bond donors (Lipinski definition) is 1. The molecule has 1 atom stereocenters. The van der Waals surface area contributed by atoms with Gasteiger partial charge >= 0.3 is 0 Å². The molecule has 1 aromatic heterocycles. The van der Waals surface area contributed by atoms with Crippen LogP contribution in [0.3, 0.4) is 0 Å². The minimum Gasteiger partial charge on any atom is -0.496 e. The van der Waals surface area contributed by atoms with Gasteiger partial charge in [-0.2, -0.15) is 0 Å². The van der Waals surface area contributed by atoms with Crippen LogP contribution in [-0.4, -0.2) is 34.6 Å². The predicted molar refractivity (Wildman–Crippen MR) is 91.3 cm³/mol. The van der Waals surface area contributed by atoms with Crippen LogP contribution >= 0.6 is 11.6 Å². The monoisotopic (exact) mass is 346 g/mol. The molecule has 4 rings (SSSR count). The van der Waals surface area contributed by atoms with Crippen LogP contribution in [0, 0.1) is 0 Å². The summed E-state index contributed by atoms with van der Waals surface area (Å²) in [6.45, 7) is 1.94. The van der Waals surface area contributed by atoms with Crippen molar-refractivity contribution in [1.29, 1.82) is 0 Å². The number of pyridine rings is 1. The molecule has 126 valence electrons. The van der Waals surface area contributed by atoms with Crippen LogP contribution in [-0.2, 0) is 11.3 Å². The van der Waals surface area contributed by atoms with Gasteiger partial charge in [0.25, 0.3) is 0 Å². The molecule has 2 aromatic rings. The average Bonchev–Trinajstić information content (AvgIpc) is 3.36. The van der Waals surface area contributed by atoms with Crippen molar-refractivity contribution in [2.24, 2.45) is 0 Å². The molecule has 0 bridgehead atoms. The first-order chi connectivity index (χ1) is 11.6. The number of fused-ring (bicyclic) bond motifs is 3. The Morgan fingerprint density at radius 3 is 2.83 bits per heavy atom. The number of carbonyl (C=O) groups excluding carboxylic acids is 1. The highest BCUT2D eigenvalue weighted by molar-refractivity contribution is 6.36. The van der Waals surface area contributed by atoms with Gasteiger partial charge in [-0.1, -0.05) is 11.6 Å². The van der Waals surface area contributed by atoms with E-state index in [0.717, 1.165) is 46.2 Å². The van der Waals surface area contributed by atoms with E-state index in [2.05, 4.69) is 4.98 Å². The molecule has 0 radical (unpaired) electrons. The maximum absolute atomic E-state index is 12.0. The summed E-state index contributed by atoms with van der Waals surface area (Å²) in [7, 11) is 1.66. The number of rotatable bonds is 3. The van der Waals surface area contributed by atoms with Gasteiger partial charge in [0.05, 0.1) is 23.7 Å². The Morgan fingerprint density at radius 2 is 2.21 bits per heavy atom. The van der Waals surface area contributed by atoms with Gasteiger partial charge in [0, 0.05) is 23.7 Å². The SMILES string of the molecule is COc1cc2c3c(cnc2c(Cl)c1C1CC1)CN(C(=O)CO)[C@H]3C. The van der Waals surface area contributed by atoms with E-state index in [-0.39, 0.29) is 11.9 Å². The molecule has 1 amide bonds. The summed E-state index contributed by atoms with van der Waals surface area (Å²) < 4.78 is 5.59. The van der Waals surface area contributed by atoms with Crippen molar-refractivity contribution in [2.45, 2.75) is 38.3 Å². The van der Waals surface area contributed by atoms with Crippen LogP contribution in [0.5, 0.6) is 5.75 Å². The highest BCUT2D eigenvalue weighted by Crippen LogP contribution is 2.51. The summed E-state index contributed by atoms with van der Waals surface area (Å²) in [6.07, 6.45) is 4.05. The Kier molecular flexibility index (Phi) is 3.66. The number of amides is 1. The van der Waals surface area contributed by atoms with E-state index in [9.17, 15) is 9.90 Å². The zero-order valence-corrected chi connectivity index (χ0v) is 14.4. The second-order valence-corrected chi connectivity index (χ2v) is 6.91. The van der Waals surface area contributed by atoms with E-state index < -0.39 is 6.61 Å². The molecule has 1 aliphatic carbocycles. The third-order valence-electron chi connectivity index (χ3n) is 5.11. The molecular formula is C18H19ClN2O3. The van der Waals surface area contributed by atoms with Gasteiger partial charge in [-0.3, -0.25) is 9.78 Å². The molecule has 0 saturated heterocycles. The molecule has 1 aromatic carbocycles. The Labute approximate surface area is 145 Å². The van der Waals surface area contributed by atoms with Crippen molar-refractivity contribution in [3.8, 4) is 5.75 Å². The van der Waals surface area contributed by atoms with E-state index in [1.807, 2.05) is 13.0 Å². The Balaban J connectivity index is 1.93. The molecule has 0 unspecified atom stereocenters. The van der Waals surface area contributed by atoms with Gasteiger partial charge < -0.3 is 14.7 Å². The lowest BCUT2D eigenvalue weighted by molar-refractivity contribution is -0.136. The summed E-state index contributed by atoms with van der Waals surface area (Å²) >= 11 is 6.67. The van der Waals surface area contributed by atoms with Crippen molar-refractivity contribution in [3.05, 3.63) is 34.0 Å². The Morgan fingerprint density at radius 1 is 1.46 bits per heavy atom. The van der Waals surface area contributed by atoms with Gasteiger partial charge in [0.15, 0.2) is 0 Å². The number of aromatic nitrogens is 1. The van der Waals surface area contributed by atoms with E-state index >= 15 is 0 Å². The first kappa shape index (κ1) is 15.7. The molecular weight excluding hydrogens is 328 g/mol. The molecule has 2 aliphatic rings. The number of aliphatic hydroxyl groups excluding tert-OH is 1. The van der Waals surface area contributed by atoms with Crippen molar-refractivity contribution < 1.29 is 14.6 Å². The summed E-state index contributed by atoms with van der Waals surface area (Å²) in [5.41, 5.74) is 3.86. The average molecular weight is 347 g/mol. The fourth-order valence-corrected chi connectivity index (χ4v) is 4.16. The van der Waals surface area contributed by atoms with Crippen molar-refractivity contribution in [1.82, 2.24) is 9.88 Å². The van der Waals surface area contributed by atoms with E-state index in [4.69, 9.17) is 16.3 Å². The van der Waals surface area contributed by atoms with Crippen LogP contribution in [0.1, 0.15) is 48.4 Å². The van der Waals surface area contributed by atoms with Crippen molar-refractivity contribution in [2.75, 3.05) is 13.7 Å².